The quantitative estimate of drug-likeness (QED) is 0.638. The third-order valence-electron chi connectivity index (χ3n) is 4.99. The zero-order valence-corrected chi connectivity index (χ0v) is 15.0. The fourth-order valence-electron chi connectivity index (χ4n) is 3.79. The first kappa shape index (κ1) is 17.1. The first-order valence-electron chi connectivity index (χ1n) is 8.19. The largest absolute Gasteiger partial charge is 0.319 e. The summed E-state index contributed by atoms with van der Waals surface area (Å²) in [6.07, 6.45) is 1.22. The van der Waals surface area contributed by atoms with E-state index in [2.05, 4.69) is 4.98 Å². The van der Waals surface area contributed by atoms with Crippen LogP contribution < -0.4 is 0 Å². The molecule has 26 heavy (non-hydrogen) atoms. The van der Waals surface area contributed by atoms with E-state index in [4.69, 9.17) is 11.6 Å². The van der Waals surface area contributed by atoms with Gasteiger partial charge in [-0.15, -0.1) is 0 Å². The van der Waals surface area contributed by atoms with Gasteiger partial charge in [0.05, 0.1) is 28.1 Å². The van der Waals surface area contributed by atoms with Gasteiger partial charge in [-0.1, -0.05) is 23.7 Å². The molecule has 3 aromatic rings. The van der Waals surface area contributed by atoms with Gasteiger partial charge in [-0.2, -0.15) is 0 Å². The Morgan fingerprint density at radius 2 is 2.04 bits per heavy atom. The monoisotopic (exact) mass is 375 g/mol. The number of aromatic nitrogens is 2. The van der Waals surface area contributed by atoms with E-state index in [1.807, 2.05) is 23.6 Å². The second-order valence-electron chi connectivity index (χ2n) is 6.69. The van der Waals surface area contributed by atoms with Crippen molar-refractivity contribution in [2.45, 2.75) is 18.5 Å². The zero-order valence-electron chi connectivity index (χ0n) is 14.2. The van der Waals surface area contributed by atoms with E-state index in [-0.39, 0.29) is 11.1 Å². The van der Waals surface area contributed by atoms with Crippen molar-refractivity contribution in [1.82, 2.24) is 14.5 Å². The lowest BCUT2D eigenvalue weighted by Crippen LogP contribution is -2.18. The lowest BCUT2D eigenvalue weighted by atomic mass is 9.97. The molecule has 2 atom stereocenters. The first-order chi connectivity index (χ1) is 12.4. The number of hydrogen-bond acceptors (Lipinski definition) is 3. The molecule has 1 aliphatic heterocycles. The van der Waals surface area contributed by atoms with Crippen molar-refractivity contribution in [2.24, 2.45) is 0 Å². The fourth-order valence-corrected chi connectivity index (χ4v) is 3.95. The number of imidazole rings is 1. The van der Waals surface area contributed by atoms with Crippen molar-refractivity contribution in [1.29, 1.82) is 0 Å². The van der Waals surface area contributed by atoms with E-state index in [9.17, 15) is 13.6 Å². The average molecular weight is 376 g/mol. The minimum Gasteiger partial charge on any atom is -0.319 e. The van der Waals surface area contributed by atoms with E-state index < -0.39 is 17.7 Å². The number of benzene rings is 2. The van der Waals surface area contributed by atoms with Gasteiger partial charge in [0.2, 0.25) is 0 Å². The van der Waals surface area contributed by atoms with Crippen LogP contribution in [0.3, 0.4) is 0 Å². The zero-order chi connectivity index (χ0) is 18.6. The van der Waals surface area contributed by atoms with Crippen molar-refractivity contribution < 1.29 is 13.6 Å². The van der Waals surface area contributed by atoms with E-state index in [1.165, 1.54) is 24.3 Å². The number of carbonyl (C=O) groups is 1. The lowest BCUT2D eigenvalue weighted by molar-refractivity contribution is 0.112. The molecule has 2 heterocycles. The molecule has 4 rings (SSSR count). The number of rotatable bonds is 3. The molecule has 0 bridgehead atoms. The molecular weight excluding hydrogens is 360 g/mol. The van der Waals surface area contributed by atoms with Gasteiger partial charge >= 0.3 is 0 Å². The van der Waals surface area contributed by atoms with Gasteiger partial charge in [0.25, 0.3) is 0 Å². The van der Waals surface area contributed by atoms with E-state index >= 15 is 0 Å². The minimum atomic E-state index is -0.548. The molecule has 0 N–H and O–H groups in total. The molecule has 0 amide bonds. The number of nitrogens with zero attached hydrogens (tertiary/aromatic N) is 3. The summed E-state index contributed by atoms with van der Waals surface area (Å²) in [5.74, 6) is -0.287. The maximum atomic E-state index is 14.7. The summed E-state index contributed by atoms with van der Waals surface area (Å²) in [5, 5.41) is -0.0172. The Balaban J connectivity index is 2.02. The molecule has 0 saturated heterocycles. The summed E-state index contributed by atoms with van der Waals surface area (Å²) in [6.45, 7) is 0. The van der Waals surface area contributed by atoms with Gasteiger partial charge < -0.3 is 4.57 Å². The number of carbonyl (C=O) groups excluding carboxylic acids is 1. The number of aldehydes is 1. The van der Waals surface area contributed by atoms with Gasteiger partial charge in [-0.05, 0) is 32.6 Å². The molecule has 1 aliphatic rings. The number of fused-ring (bicyclic) bond motifs is 3. The van der Waals surface area contributed by atoms with Crippen molar-refractivity contribution in [2.75, 3.05) is 14.1 Å². The van der Waals surface area contributed by atoms with Crippen LogP contribution in [0.2, 0.25) is 5.02 Å². The standard InChI is InChI=1S/C19H16ClF2N3O/c1-24(2)17-8-16(18-10(9-26)4-3-5-12(18)21)25-15-6-11(20)13(22)7-14(15)23-19(17)25/h3-7,9,16-17H,8H2,1-2H3. The molecule has 0 radical (unpaired) electrons. The average Bonchev–Trinajstić information content (AvgIpc) is 3.12. The van der Waals surface area contributed by atoms with Crippen LogP contribution in [0.15, 0.2) is 30.3 Å². The van der Waals surface area contributed by atoms with Crippen LogP contribution >= 0.6 is 11.6 Å². The molecule has 7 heteroatoms. The first-order valence-corrected chi connectivity index (χ1v) is 8.57. The Hall–Kier alpha value is -2.31. The van der Waals surface area contributed by atoms with Crippen molar-refractivity contribution in [3.63, 3.8) is 0 Å². The molecular formula is C19H16ClF2N3O. The van der Waals surface area contributed by atoms with Gasteiger partial charge in [0.15, 0.2) is 6.29 Å². The van der Waals surface area contributed by atoms with Crippen molar-refractivity contribution in [3.8, 4) is 0 Å². The van der Waals surface area contributed by atoms with Crippen molar-refractivity contribution in [3.05, 3.63) is 63.9 Å². The van der Waals surface area contributed by atoms with E-state index in [1.54, 1.807) is 6.07 Å². The highest BCUT2D eigenvalue weighted by molar-refractivity contribution is 6.31. The summed E-state index contributed by atoms with van der Waals surface area (Å²) in [4.78, 5) is 18.0. The van der Waals surface area contributed by atoms with Crippen LogP contribution in [-0.4, -0.2) is 34.8 Å². The fraction of sp³-hybridized carbons (Fsp3) is 0.263. The third kappa shape index (κ3) is 2.44. The highest BCUT2D eigenvalue weighted by Crippen LogP contribution is 2.45. The molecule has 2 aromatic carbocycles. The molecule has 2 unspecified atom stereocenters. The smallest absolute Gasteiger partial charge is 0.150 e. The van der Waals surface area contributed by atoms with Gasteiger partial charge in [-0.25, -0.2) is 13.8 Å². The number of hydrogen-bond donors (Lipinski definition) is 0. The molecule has 1 aromatic heterocycles. The number of halogens is 3. The van der Waals surface area contributed by atoms with E-state index in [0.717, 1.165) is 0 Å². The maximum Gasteiger partial charge on any atom is 0.150 e. The second kappa shape index (κ2) is 6.14. The molecule has 0 saturated carbocycles. The topological polar surface area (TPSA) is 38.1 Å². The second-order valence-corrected chi connectivity index (χ2v) is 7.09. The SMILES string of the molecule is CN(C)C1CC(c2c(F)cccc2C=O)n2c1nc1cc(F)c(Cl)cc12. The molecule has 4 nitrogen and oxygen atoms in total. The highest BCUT2D eigenvalue weighted by atomic mass is 35.5. The lowest BCUT2D eigenvalue weighted by Gasteiger charge is -2.20. The van der Waals surface area contributed by atoms with Crippen LogP contribution in [-0.2, 0) is 0 Å². The Labute approximate surface area is 154 Å². The molecule has 0 fully saturated rings. The summed E-state index contributed by atoms with van der Waals surface area (Å²) < 4.78 is 30.4. The van der Waals surface area contributed by atoms with Gasteiger partial charge in [0.1, 0.15) is 17.5 Å². The summed E-state index contributed by atoms with van der Waals surface area (Å²) in [6, 6.07) is 6.74. The van der Waals surface area contributed by atoms with Crippen LogP contribution in [0.5, 0.6) is 0 Å². The predicted molar refractivity (Wildman–Crippen MR) is 95.7 cm³/mol. The third-order valence-corrected chi connectivity index (χ3v) is 5.27. The molecule has 134 valence electrons. The van der Waals surface area contributed by atoms with Crippen molar-refractivity contribution >= 4 is 28.9 Å². The molecule has 0 aliphatic carbocycles. The Bertz CT molecular complexity index is 1030. The maximum absolute atomic E-state index is 14.7. The van der Waals surface area contributed by atoms with Crippen LogP contribution in [0.4, 0.5) is 8.78 Å². The molecule has 0 spiro atoms. The van der Waals surface area contributed by atoms with Crippen LogP contribution in [0.1, 0.15) is 40.3 Å². The highest BCUT2D eigenvalue weighted by Gasteiger charge is 2.38. The normalized spacial score (nSPS) is 19.3. The van der Waals surface area contributed by atoms with Crippen LogP contribution in [0, 0.1) is 11.6 Å². The Kier molecular flexibility index (Phi) is 4.04. The summed E-state index contributed by atoms with van der Waals surface area (Å²) >= 11 is 5.97. The summed E-state index contributed by atoms with van der Waals surface area (Å²) in [5.41, 5.74) is 1.71. The Morgan fingerprint density at radius 3 is 2.73 bits per heavy atom. The minimum absolute atomic E-state index is 0.0172. The van der Waals surface area contributed by atoms with Crippen LogP contribution in [0.25, 0.3) is 11.0 Å². The van der Waals surface area contributed by atoms with E-state index in [0.29, 0.717) is 40.7 Å². The summed E-state index contributed by atoms with van der Waals surface area (Å²) in [7, 11) is 3.82. The van der Waals surface area contributed by atoms with Gasteiger partial charge in [-0.3, -0.25) is 9.69 Å². The predicted octanol–water partition coefficient (Wildman–Crippen LogP) is 4.38. The van der Waals surface area contributed by atoms with Gasteiger partial charge in [0, 0.05) is 17.2 Å². The Morgan fingerprint density at radius 1 is 1.27 bits per heavy atom.